The largest absolute Gasteiger partial charge is 0.424 e. The van der Waals surface area contributed by atoms with Crippen molar-refractivity contribution in [2.24, 2.45) is 5.92 Å². The van der Waals surface area contributed by atoms with E-state index >= 15 is 0 Å². The summed E-state index contributed by atoms with van der Waals surface area (Å²) in [5, 5.41) is 11.4. The number of thiazole rings is 1. The third kappa shape index (κ3) is 7.02. The summed E-state index contributed by atoms with van der Waals surface area (Å²) in [5.41, 5.74) is 2.42. The molecule has 1 saturated carbocycles. The number of urea groups is 1. The fourth-order valence-electron chi connectivity index (χ4n) is 5.54. The quantitative estimate of drug-likeness (QED) is 0.210. The summed E-state index contributed by atoms with van der Waals surface area (Å²) in [4.78, 5) is 40.6. The van der Waals surface area contributed by atoms with E-state index in [1.165, 1.54) is 43.0 Å². The number of hydrogen-bond acceptors (Lipinski definition) is 8. The van der Waals surface area contributed by atoms with Crippen molar-refractivity contribution in [3.8, 4) is 22.2 Å². The molecule has 224 valence electrons. The van der Waals surface area contributed by atoms with Crippen LogP contribution in [-0.4, -0.2) is 43.2 Å². The van der Waals surface area contributed by atoms with Gasteiger partial charge in [0.2, 0.25) is 5.91 Å². The number of carbonyl (C=O) groups excluding carboxylic acids is 2. The molecule has 12 heteroatoms. The Hall–Kier alpha value is -4.32. The van der Waals surface area contributed by atoms with E-state index in [2.05, 4.69) is 39.4 Å². The molecule has 0 spiro atoms. The summed E-state index contributed by atoms with van der Waals surface area (Å²) in [7, 11) is 0. The zero-order chi connectivity index (χ0) is 29.8. The lowest BCUT2D eigenvalue weighted by atomic mass is 9.96. The zero-order valence-electron chi connectivity index (χ0n) is 24.5. The highest BCUT2D eigenvalue weighted by Gasteiger charge is 2.25. The molecule has 1 aromatic carbocycles. The molecule has 0 unspecified atom stereocenters. The fourth-order valence-corrected chi connectivity index (χ4v) is 6.50. The molecular formula is C31H36N8O3S. The first kappa shape index (κ1) is 28.8. The third-order valence-electron chi connectivity index (χ3n) is 7.60. The molecule has 6 rings (SSSR count). The van der Waals surface area contributed by atoms with Gasteiger partial charge in [-0.05, 0) is 61.4 Å². The van der Waals surface area contributed by atoms with Crippen LogP contribution in [0, 0.1) is 5.92 Å². The maximum atomic E-state index is 12.9. The van der Waals surface area contributed by atoms with Crippen LogP contribution in [0.4, 0.5) is 21.4 Å². The van der Waals surface area contributed by atoms with E-state index in [9.17, 15) is 9.59 Å². The molecule has 4 heterocycles. The number of amides is 3. The van der Waals surface area contributed by atoms with Crippen LogP contribution >= 0.6 is 11.3 Å². The highest BCUT2D eigenvalue weighted by molar-refractivity contribution is 7.19. The van der Waals surface area contributed by atoms with E-state index in [0.29, 0.717) is 35.6 Å². The van der Waals surface area contributed by atoms with Crippen molar-refractivity contribution in [3.05, 3.63) is 54.6 Å². The van der Waals surface area contributed by atoms with Crippen molar-refractivity contribution >= 4 is 39.9 Å². The summed E-state index contributed by atoms with van der Waals surface area (Å²) in [6.45, 7) is 5.06. The van der Waals surface area contributed by atoms with Gasteiger partial charge in [-0.15, -0.1) is 0 Å². The van der Waals surface area contributed by atoms with Gasteiger partial charge in [0.1, 0.15) is 11.6 Å². The number of ether oxygens (including phenoxy) is 1. The van der Waals surface area contributed by atoms with Crippen molar-refractivity contribution in [2.45, 2.75) is 71.3 Å². The fraction of sp³-hybridized carbons (Fsp3) is 0.419. The molecule has 0 atom stereocenters. The maximum Gasteiger partial charge on any atom is 0.324 e. The molecule has 11 nitrogen and oxygen atoms in total. The monoisotopic (exact) mass is 600 g/mol. The van der Waals surface area contributed by atoms with Crippen LogP contribution in [0.3, 0.4) is 0 Å². The lowest BCUT2D eigenvalue weighted by Gasteiger charge is -2.24. The predicted molar refractivity (Wildman–Crippen MR) is 167 cm³/mol. The topological polar surface area (TPSA) is 127 Å². The van der Waals surface area contributed by atoms with Crippen molar-refractivity contribution in [1.29, 1.82) is 0 Å². The first-order valence-electron chi connectivity index (χ1n) is 14.9. The molecule has 0 radical (unpaired) electrons. The van der Waals surface area contributed by atoms with Crippen molar-refractivity contribution < 1.29 is 14.3 Å². The van der Waals surface area contributed by atoms with Gasteiger partial charge in [-0.3, -0.25) is 15.0 Å². The van der Waals surface area contributed by atoms with Gasteiger partial charge in [0.25, 0.3) is 0 Å². The van der Waals surface area contributed by atoms with Crippen LogP contribution in [0.5, 0.6) is 11.8 Å². The number of hydrogen-bond donors (Lipinski definition) is 2. The molecule has 0 bridgehead atoms. The predicted octanol–water partition coefficient (Wildman–Crippen LogP) is 7.06. The van der Waals surface area contributed by atoms with Gasteiger partial charge < -0.3 is 10.1 Å². The van der Waals surface area contributed by atoms with Gasteiger partial charge in [0.15, 0.2) is 5.13 Å². The number of aromatic nitrogens is 5. The molecule has 3 amide bonds. The molecule has 1 aliphatic carbocycles. The molecule has 2 aliphatic rings. The van der Waals surface area contributed by atoms with Gasteiger partial charge in [0, 0.05) is 25.2 Å². The second-order valence-electron chi connectivity index (χ2n) is 11.5. The second-order valence-corrected chi connectivity index (χ2v) is 12.5. The Bertz CT molecular complexity index is 1560. The van der Waals surface area contributed by atoms with Crippen LogP contribution in [-0.2, 0) is 11.2 Å². The molecular weight excluding hydrogens is 564 g/mol. The first-order valence-corrected chi connectivity index (χ1v) is 15.8. The minimum atomic E-state index is -0.374. The lowest BCUT2D eigenvalue weighted by Crippen LogP contribution is -2.24. The molecule has 2 fully saturated rings. The van der Waals surface area contributed by atoms with Gasteiger partial charge in [0.05, 0.1) is 34.7 Å². The second kappa shape index (κ2) is 12.9. The minimum Gasteiger partial charge on any atom is -0.424 e. The van der Waals surface area contributed by atoms with Crippen molar-refractivity contribution in [3.63, 3.8) is 0 Å². The smallest absolute Gasteiger partial charge is 0.324 e. The zero-order valence-corrected chi connectivity index (χ0v) is 25.3. The summed E-state index contributed by atoms with van der Waals surface area (Å²) < 4.78 is 7.81. The average molecular weight is 601 g/mol. The lowest BCUT2D eigenvalue weighted by molar-refractivity contribution is -0.117. The van der Waals surface area contributed by atoms with Crippen LogP contribution < -0.4 is 20.3 Å². The van der Waals surface area contributed by atoms with Crippen LogP contribution in [0.25, 0.3) is 10.4 Å². The summed E-state index contributed by atoms with van der Waals surface area (Å²) >= 11 is 1.50. The Kier molecular flexibility index (Phi) is 8.64. The van der Waals surface area contributed by atoms with Crippen molar-refractivity contribution in [1.82, 2.24) is 24.7 Å². The Morgan fingerprint density at radius 3 is 2.49 bits per heavy atom. The molecule has 43 heavy (non-hydrogen) atoms. The maximum absolute atomic E-state index is 12.9. The van der Waals surface area contributed by atoms with E-state index in [1.54, 1.807) is 11.1 Å². The number of nitrogens with zero attached hydrogens (tertiary/aromatic N) is 6. The van der Waals surface area contributed by atoms with E-state index in [4.69, 9.17) is 9.84 Å². The Morgan fingerprint density at radius 2 is 1.79 bits per heavy atom. The molecule has 2 N–H and O–H groups in total. The van der Waals surface area contributed by atoms with Crippen molar-refractivity contribution in [2.75, 3.05) is 22.1 Å². The number of rotatable bonds is 9. The number of carbonyl (C=O) groups is 2. The van der Waals surface area contributed by atoms with E-state index in [-0.39, 0.29) is 17.9 Å². The van der Waals surface area contributed by atoms with Gasteiger partial charge in [-0.2, -0.15) is 5.10 Å². The molecule has 1 saturated heterocycles. The summed E-state index contributed by atoms with van der Waals surface area (Å²) in [6, 6.07) is 9.62. The summed E-state index contributed by atoms with van der Waals surface area (Å²) in [5.74, 6) is 1.90. The Balaban J connectivity index is 1.05. The van der Waals surface area contributed by atoms with Crippen LogP contribution in [0.1, 0.15) is 70.5 Å². The standard InChI is InChI=1S/C31H36N8O3S/c1-20(2)15-22-16-27(39(37-22)24-7-4-3-5-8-24)36-29(41)35-23-17-32-30(33-18-23)42-25-12-10-21(11-13-25)26-19-34-31(43-26)38-14-6-9-28(38)40/h10-13,16-20,24H,3-9,14-15H2,1-2H3,(H2,35,36,41). The Morgan fingerprint density at radius 1 is 1.02 bits per heavy atom. The van der Waals surface area contributed by atoms with Gasteiger partial charge >= 0.3 is 12.0 Å². The highest BCUT2D eigenvalue weighted by Crippen LogP contribution is 2.34. The van der Waals surface area contributed by atoms with E-state index in [1.807, 2.05) is 35.0 Å². The van der Waals surface area contributed by atoms with Crippen LogP contribution in [0.2, 0.25) is 0 Å². The van der Waals surface area contributed by atoms with E-state index in [0.717, 1.165) is 53.5 Å². The van der Waals surface area contributed by atoms with E-state index < -0.39 is 0 Å². The molecule has 3 aromatic heterocycles. The molecule has 4 aromatic rings. The number of nitrogens with one attached hydrogen (secondary N) is 2. The molecule has 1 aliphatic heterocycles. The Labute approximate surface area is 254 Å². The van der Waals surface area contributed by atoms with Gasteiger partial charge in [-0.25, -0.2) is 24.4 Å². The average Bonchev–Trinajstić information content (AvgIpc) is 3.75. The normalized spacial score (nSPS) is 15.7. The minimum absolute atomic E-state index is 0.129. The first-order chi connectivity index (χ1) is 20.9. The number of benzene rings is 1. The van der Waals surface area contributed by atoms with Gasteiger partial charge in [-0.1, -0.05) is 44.4 Å². The van der Waals surface area contributed by atoms with Crippen LogP contribution in [0.15, 0.2) is 48.9 Å². The summed E-state index contributed by atoms with van der Waals surface area (Å²) in [6.07, 6.45) is 12.9. The third-order valence-corrected chi connectivity index (χ3v) is 8.67. The highest BCUT2D eigenvalue weighted by atomic mass is 32.1. The number of anilines is 3. The SMILES string of the molecule is CC(C)Cc1cc(NC(=O)Nc2cnc(Oc3ccc(-c4cnc(N5CCCC5=O)s4)cc3)nc2)n(C2CCCCC2)n1.